The molecule has 6 nitrogen and oxygen atoms in total. The number of piperidine rings is 1. The minimum absolute atomic E-state index is 0.0769. The number of methoxy groups -OCH3 is 1. The summed E-state index contributed by atoms with van der Waals surface area (Å²) in [5.74, 6) is 0.368. The highest BCUT2D eigenvalue weighted by molar-refractivity contribution is 5.97. The fourth-order valence-corrected chi connectivity index (χ4v) is 3.63. The maximum atomic E-state index is 12.9. The van der Waals surface area contributed by atoms with E-state index in [0.29, 0.717) is 24.5 Å². The Morgan fingerprint density at radius 3 is 2.96 bits per heavy atom. The molecule has 124 valence electrons. The minimum Gasteiger partial charge on any atom is -0.480 e. The molecule has 6 heteroatoms. The Morgan fingerprint density at radius 1 is 1.39 bits per heavy atom. The number of carbonyl (C=O) groups is 2. The summed E-state index contributed by atoms with van der Waals surface area (Å²) in [7, 11) is 1.51. The molecule has 0 saturated carbocycles. The van der Waals surface area contributed by atoms with Crippen LogP contribution in [0.5, 0.6) is 5.88 Å². The summed E-state index contributed by atoms with van der Waals surface area (Å²) in [5.41, 5.74) is 0.464. The molecule has 3 saturated heterocycles. The van der Waals surface area contributed by atoms with Gasteiger partial charge >= 0.3 is 0 Å². The maximum absolute atomic E-state index is 12.9. The molecule has 23 heavy (non-hydrogen) atoms. The lowest BCUT2D eigenvalue weighted by atomic mass is 9.94. The van der Waals surface area contributed by atoms with E-state index in [1.54, 1.807) is 23.2 Å². The van der Waals surface area contributed by atoms with Crippen LogP contribution < -0.4 is 4.74 Å². The molecular weight excluding hydrogens is 294 g/mol. The summed E-state index contributed by atoms with van der Waals surface area (Å²) in [6.45, 7) is 3.94. The van der Waals surface area contributed by atoms with Crippen molar-refractivity contribution in [3.8, 4) is 5.88 Å². The Bertz CT molecular complexity index is 605. The van der Waals surface area contributed by atoms with E-state index >= 15 is 0 Å². The first-order chi connectivity index (χ1) is 11.2. The van der Waals surface area contributed by atoms with Gasteiger partial charge in [0.15, 0.2) is 0 Å². The predicted octanol–water partition coefficient (Wildman–Crippen LogP) is 1.56. The lowest BCUT2D eigenvalue weighted by Gasteiger charge is -2.35. The van der Waals surface area contributed by atoms with Gasteiger partial charge in [-0.2, -0.15) is 0 Å². The van der Waals surface area contributed by atoms with Gasteiger partial charge in [-0.3, -0.25) is 9.59 Å². The van der Waals surface area contributed by atoms with Crippen LogP contribution in [0.2, 0.25) is 0 Å². The van der Waals surface area contributed by atoms with Gasteiger partial charge in [0.25, 0.3) is 5.91 Å². The molecule has 0 N–H and O–H groups in total. The summed E-state index contributed by atoms with van der Waals surface area (Å²) >= 11 is 0. The fourth-order valence-electron chi connectivity index (χ4n) is 3.63. The number of nitrogens with zero attached hydrogens (tertiary/aromatic N) is 3. The summed E-state index contributed by atoms with van der Waals surface area (Å²) in [6, 6.07) is 3.59. The number of amides is 2. The number of rotatable bonds is 4. The van der Waals surface area contributed by atoms with Crippen LogP contribution >= 0.6 is 0 Å². The van der Waals surface area contributed by atoms with Crippen molar-refractivity contribution < 1.29 is 14.3 Å². The third kappa shape index (κ3) is 2.90. The zero-order chi connectivity index (χ0) is 16.4. The zero-order valence-electron chi connectivity index (χ0n) is 13.7. The van der Waals surface area contributed by atoms with Gasteiger partial charge in [-0.05, 0) is 31.4 Å². The van der Waals surface area contributed by atoms with Crippen LogP contribution in [0.4, 0.5) is 0 Å². The van der Waals surface area contributed by atoms with Crippen molar-refractivity contribution in [2.45, 2.75) is 32.2 Å². The molecule has 0 radical (unpaired) electrons. The molecule has 0 aromatic carbocycles. The topological polar surface area (TPSA) is 62.7 Å². The van der Waals surface area contributed by atoms with E-state index in [-0.39, 0.29) is 23.8 Å². The van der Waals surface area contributed by atoms with E-state index in [1.807, 2.05) is 4.90 Å². The fraction of sp³-hybridized carbons (Fsp3) is 0.588. The summed E-state index contributed by atoms with van der Waals surface area (Å²) in [6.07, 6.45) is 4.40. The van der Waals surface area contributed by atoms with Gasteiger partial charge in [-0.25, -0.2) is 4.98 Å². The van der Waals surface area contributed by atoms with Crippen LogP contribution in [0.15, 0.2) is 18.3 Å². The van der Waals surface area contributed by atoms with Gasteiger partial charge in [0.05, 0.1) is 13.0 Å². The zero-order valence-corrected chi connectivity index (χ0v) is 13.7. The van der Waals surface area contributed by atoms with E-state index in [1.165, 1.54) is 7.11 Å². The van der Waals surface area contributed by atoms with Gasteiger partial charge in [-0.1, -0.05) is 6.92 Å². The third-order valence-electron chi connectivity index (χ3n) is 4.74. The first-order valence-corrected chi connectivity index (χ1v) is 8.24. The summed E-state index contributed by atoms with van der Waals surface area (Å²) < 4.78 is 5.20. The highest BCUT2D eigenvalue weighted by Gasteiger charge is 2.41. The van der Waals surface area contributed by atoms with Crippen LogP contribution in [0.3, 0.4) is 0 Å². The summed E-state index contributed by atoms with van der Waals surface area (Å²) in [5, 5.41) is 0. The Morgan fingerprint density at radius 2 is 2.22 bits per heavy atom. The van der Waals surface area contributed by atoms with E-state index in [4.69, 9.17) is 4.74 Å². The lowest BCUT2D eigenvalue weighted by Crippen LogP contribution is -2.48. The molecule has 1 aromatic rings. The van der Waals surface area contributed by atoms with Crippen LogP contribution in [-0.4, -0.2) is 59.4 Å². The molecule has 2 bridgehead atoms. The van der Waals surface area contributed by atoms with Crippen LogP contribution in [-0.2, 0) is 4.79 Å². The number of carbonyl (C=O) groups excluding carboxylic acids is 2. The van der Waals surface area contributed by atoms with Gasteiger partial charge in [0.1, 0.15) is 5.56 Å². The second-order valence-corrected chi connectivity index (χ2v) is 6.23. The molecule has 2 amide bonds. The largest absolute Gasteiger partial charge is 0.480 e. The lowest BCUT2D eigenvalue weighted by molar-refractivity contribution is -0.139. The quantitative estimate of drug-likeness (QED) is 0.845. The number of fused-ring (bicyclic) bond motifs is 4. The van der Waals surface area contributed by atoms with Crippen LogP contribution in [0.25, 0.3) is 0 Å². The number of aromatic nitrogens is 1. The standard InChI is InChI=1S/C17H23N3O3/c1-3-9-20-13-7-6-12(16(20)21)10-19(11-13)17(22)14-5-4-8-18-15(14)23-2/h4-5,8,12-13H,3,6-7,9-11H2,1-2H3. The van der Waals surface area contributed by atoms with Crippen LogP contribution in [0.1, 0.15) is 36.5 Å². The van der Waals surface area contributed by atoms with Crippen molar-refractivity contribution in [3.05, 3.63) is 23.9 Å². The summed E-state index contributed by atoms with van der Waals surface area (Å²) in [4.78, 5) is 33.4. The normalized spacial score (nSPS) is 23.8. The number of hydrogen-bond donors (Lipinski definition) is 0. The maximum Gasteiger partial charge on any atom is 0.259 e. The predicted molar refractivity (Wildman–Crippen MR) is 85.2 cm³/mol. The monoisotopic (exact) mass is 317 g/mol. The SMILES string of the molecule is CCCN1C(=O)C2CCC1CN(C(=O)c1cccnc1OC)C2. The van der Waals surface area contributed by atoms with Crippen molar-refractivity contribution in [2.24, 2.45) is 5.92 Å². The average molecular weight is 317 g/mol. The van der Waals surface area contributed by atoms with Crippen molar-refractivity contribution in [1.29, 1.82) is 0 Å². The minimum atomic E-state index is -0.0991. The Labute approximate surface area is 136 Å². The third-order valence-corrected chi connectivity index (χ3v) is 4.74. The molecule has 4 heterocycles. The van der Waals surface area contributed by atoms with E-state index in [2.05, 4.69) is 11.9 Å². The first kappa shape index (κ1) is 15.8. The van der Waals surface area contributed by atoms with Crippen molar-refractivity contribution >= 4 is 11.8 Å². The Kier molecular flexibility index (Phi) is 4.50. The number of pyridine rings is 1. The number of hydrogen-bond acceptors (Lipinski definition) is 4. The molecular formula is C17H23N3O3. The van der Waals surface area contributed by atoms with Crippen LogP contribution in [0, 0.1) is 5.92 Å². The highest BCUT2D eigenvalue weighted by Crippen LogP contribution is 2.30. The molecule has 3 fully saturated rings. The second kappa shape index (κ2) is 6.56. The first-order valence-electron chi connectivity index (χ1n) is 8.24. The smallest absolute Gasteiger partial charge is 0.259 e. The Hall–Kier alpha value is -2.11. The molecule has 0 spiro atoms. The second-order valence-electron chi connectivity index (χ2n) is 6.23. The van der Waals surface area contributed by atoms with Crippen molar-refractivity contribution in [2.75, 3.05) is 26.7 Å². The molecule has 0 aliphatic carbocycles. The van der Waals surface area contributed by atoms with Crippen molar-refractivity contribution in [3.63, 3.8) is 0 Å². The molecule has 3 aliphatic rings. The van der Waals surface area contributed by atoms with Gasteiger partial charge < -0.3 is 14.5 Å². The van der Waals surface area contributed by atoms with Gasteiger partial charge in [-0.15, -0.1) is 0 Å². The van der Waals surface area contributed by atoms with E-state index in [0.717, 1.165) is 25.8 Å². The Balaban J connectivity index is 1.84. The molecule has 2 unspecified atom stereocenters. The highest BCUT2D eigenvalue weighted by atomic mass is 16.5. The van der Waals surface area contributed by atoms with Crippen molar-refractivity contribution in [1.82, 2.24) is 14.8 Å². The van der Waals surface area contributed by atoms with Gasteiger partial charge in [0.2, 0.25) is 11.8 Å². The number of ether oxygens (including phenoxy) is 1. The van der Waals surface area contributed by atoms with Gasteiger partial charge in [0, 0.05) is 31.9 Å². The molecule has 1 aromatic heterocycles. The molecule has 4 rings (SSSR count). The molecule has 3 aliphatic heterocycles. The van der Waals surface area contributed by atoms with E-state index < -0.39 is 0 Å². The molecule has 2 atom stereocenters. The van der Waals surface area contributed by atoms with E-state index in [9.17, 15) is 9.59 Å². The average Bonchev–Trinajstić information content (AvgIpc) is 2.87.